The van der Waals surface area contributed by atoms with Gasteiger partial charge in [-0.2, -0.15) is 13.2 Å². The number of esters is 1. The second-order valence-electron chi connectivity index (χ2n) is 5.68. The Morgan fingerprint density at radius 3 is 2.72 bits per heavy atom. The first-order valence-corrected chi connectivity index (χ1v) is 7.63. The summed E-state index contributed by atoms with van der Waals surface area (Å²) in [5, 5.41) is 2.59. The predicted octanol–water partition coefficient (Wildman–Crippen LogP) is 2.81. The lowest BCUT2D eigenvalue weighted by Gasteiger charge is -2.32. The van der Waals surface area contributed by atoms with Gasteiger partial charge in [-0.3, -0.25) is 4.79 Å². The van der Waals surface area contributed by atoms with E-state index in [4.69, 9.17) is 4.74 Å². The van der Waals surface area contributed by atoms with Crippen LogP contribution in [0.25, 0.3) is 0 Å². The maximum absolute atomic E-state index is 12.7. The summed E-state index contributed by atoms with van der Waals surface area (Å²) >= 11 is 0. The predicted molar refractivity (Wildman–Crippen MR) is 83.1 cm³/mol. The lowest BCUT2D eigenvalue weighted by Crippen LogP contribution is -2.48. The number of nitrogens with one attached hydrogen (secondary N) is 1. The third-order valence-electron chi connectivity index (χ3n) is 3.84. The normalized spacial score (nSPS) is 18.0. The first-order valence-electron chi connectivity index (χ1n) is 7.63. The Labute approximate surface area is 142 Å². The van der Waals surface area contributed by atoms with E-state index in [1.165, 1.54) is 25.0 Å². The molecule has 6 nitrogen and oxygen atoms in total. The van der Waals surface area contributed by atoms with E-state index >= 15 is 0 Å². The molecule has 1 saturated heterocycles. The maximum atomic E-state index is 12.7. The van der Waals surface area contributed by atoms with Crippen molar-refractivity contribution in [2.45, 2.75) is 25.6 Å². The number of anilines is 1. The summed E-state index contributed by atoms with van der Waals surface area (Å²) in [7, 11) is 1.27. The van der Waals surface area contributed by atoms with Crippen molar-refractivity contribution in [3.8, 4) is 0 Å². The van der Waals surface area contributed by atoms with Gasteiger partial charge in [-0.1, -0.05) is 0 Å². The molecule has 1 fully saturated rings. The molecule has 138 valence electrons. The van der Waals surface area contributed by atoms with Crippen LogP contribution in [-0.2, 0) is 20.4 Å². The Morgan fingerprint density at radius 1 is 1.40 bits per heavy atom. The van der Waals surface area contributed by atoms with Crippen LogP contribution < -0.4 is 5.32 Å². The number of carbonyl (C=O) groups excluding carboxylic acids is 2. The Morgan fingerprint density at radius 2 is 2.12 bits per heavy atom. The van der Waals surface area contributed by atoms with E-state index in [1.54, 1.807) is 0 Å². The molecule has 0 aromatic heterocycles. The number of ether oxygens (including phenoxy) is 2. The fourth-order valence-electron chi connectivity index (χ4n) is 2.47. The fraction of sp³-hybridized carbons (Fsp3) is 0.500. The molecule has 0 spiro atoms. The van der Waals surface area contributed by atoms with E-state index in [9.17, 15) is 22.8 Å². The highest BCUT2D eigenvalue weighted by molar-refractivity contribution is 5.90. The van der Waals surface area contributed by atoms with Crippen LogP contribution in [0.3, 0.4) is 0 Å². The van der Waals surface area contributed by atoms with Crippen LogP contribution in [0.4, 0.5) is 23.7 Å². The molecule has 2 amide bonds. The van der Waals surface area contributed by atoms with Gasteiger partial charge in [0.1, 0.15) is 0 Å². The zero-order chi connectivity index (χ0) is 18.6. The molecule has 1 aliphatic rings. The van der Waals surface area contributed by atoms with Crippen molar-refractivity contribution in [1.29, 1.82) is 0 Å². The second-order valence-corrected chi connectivity index (χ2v) is 5.68. The third kappa shape index (κ3) is 5.09. The molecular weight excluding hydrogens is 341 g/mol. The molecule has 1 aromatic carbocycles. The summed E-state index contributed by atoms with van der Waals surface area (Å²) in [6.45, 7) is 2.27. The number of hydrogen-bond donors (Lipinski definition) is 1. The van der Waals surface area contributed by atoms with Crippen molar-refractivity contribution in [2.24, 2.45) is 0 Å². The van der Waals surface area contributed by atoms with E-state index in [0.29, 0.717) is 17.8 Å². The third-order valence-corrected chi connectivity index (χ3v) is 3.84. The van der Waals surface area contributed by atoms with Crippen molar-refractivity contribution in [3.05, 3.63) is 29.3 Å². The second kappa shape index (κ2) is 7.73. The minimum atomic E-state index is -4.43. The number of alkyl halides is 3. The van der Waals surface area contributed by atoms with Gasteiger partial charge < -0.3 is 19.7 Å². The maximum Gasteiger partial charge on any atom is 0.416 e. The minimum Gasteiger partial charge on any atom is -0.469 e. The number of benzene rings is 1. The Kier molecular flexibility index (Phi) is 5.89. The highest BCUT2D eigenvalue weighted by atomic mass is 19.4. The highest BCUT2D eigenvalue weighted by Gasteiger charge is 2.31. The van der Waals surface area contributed by atoms with Crippen LogP contribution in [0.2, 0.25) is 0 Å². The van der Waals surface area contributed by atoms with Gasteiger partial charge in [-0.25, -0.2) is 4.79 Å². The lowest BCUT2D eigenvalue weighted by molar-refractivity contribution is -0.145. The Hall–Kier alpha value is -2.29. The van der Waals surface area contributed by atoms with Crippen LogP contribution in [-0.4, -0.2) is 49.8 Å². The molecule has 0 radical (unpaired) electrons. The molecule has 9 heteroatoms. The van der Waals surface area contributed by atoms with Gasteiger partial charge in [0, 0.05) is 18.8 Å². The van der Waals surface area contributed by atoms with Gasteiger partial charge in [0.15, 0.2) is 0 Å². The van der Waals surface area contributed by atoms with Crippen molar-refractivity contribution >= 4 is 17.7 Å². The van der Waals surface area contributed by atoms with Gasteiger partial charge in [-0.15, -0.1) is 0 Å². The van der Waals surface area contributed by atoms with E-state index < -0.39 is 29.8 Å². The van der Waals surface area contributed by atoms with Crippen molar-refractivity contribution in [2.75, 3.05) is 32.1 Å². The molecular formula is C16H19F3N2O4. The summed E-state index contributed by atoms with van der Waals surface area (Å²) in [6, 6.07) is 2.67. The van der Waals surface area contributed by atoms with Crippen molar-refractivity contribution < 1.29 is 32.2 Å². The molecule has 1 heterocycles. The van der Waals surface area contributed by atoms with Gasteiger partial charge >= 0.3 is 18.2 Å². The van der Waals surface area contributed by atoms with Crippen LogP contribution in [0.15, 0.2) is 18.2 Å². The standard InChI is InChI=1S/C16H19F3N2O4/c1-10-7-11(16(17,18)19)3-4-13(10)20-15(23)21-5-6-25-12(9-21)8-14(22)24-2/h3-4,7,12H,5-6,8-9H2,1-2H3,(H,20,23). The first-order chi connectivity index (χ1) is 11.7. The Balaban J connectivity index is 2.00. The van der Waals surface area contributed by atoms with Crippen LogP contribution in [0, 0.1) is 6.92 Å². The summed E-state index contributed by atoms with van der Waals surface area (Å²) in [5.41, 5.74) is -0.163. The monoisotopic (exact) mass is 360 g/mol. The van der Waals surface area contributed by atoms with Crippen molar-refractivity contribution in [1.82, 2.24) is 4.90 Å². The molecule has 1 atom stereocenters. The molecule has 25 heavy (non-hydrogen) atoms. The summed E-state index contributed by atoms with van der Waals surface area (Å²) in [6.07, 6.45) is -4.88. The van der Waals surface area contributed by atoms with Crippen LogP contribution in [0.5, 0.6) is 0 Å². The molecule has 1 aliphatic heterocycles. The highest BCUT2D eigenvalue weighted by Crippen LogP contribution is 2.31. The Bertz CT molecular complexity index is 649. The van der Waals surface area contributed by atoms with Gasteiger partial charge in [-0.05, 0) is 30.7 Å². The quantitative estimate of drug-likeness (QED) is 0.842. The number of halogens is 3. The smallest absolute Gasteiger partial charge is 0.416 e. The number of nitrogens with zero attached hydrogens (tertiary/aromatic N) is 1. The molecule has 2 rings (SSSR count). The zero-order valence-electron chi connectivity index (χ0n) is 13.9. The molecule has 1 unspecified atom stereocenters. The molecule has 0 aliphatic carbocycles. The number of morpholine rings is 1. The molecule has 0 saturated carbocycles. The fourth-order valence-corrected chi connectivity index (χ4v) is 2.47. The number of urea groups is 1. The van der Waals surface area contributed by atoms with Gasteiger partial charge in [0.25, 0.3) is 0 Å². The largest absolute Gasteiger partial charge is 0.469 e. The van der Waals surface area contributed by atoms with Gasteiger partial charge in [0.2, 0.25) is 0 Å². The number of carbonyl (C=O) groups is 2. The number of hydrogen-bond acceptors (Lipinski definition) is 4. The summed E-state index contributed by atoms with van der Waals surface area (Å²) in [4.78, 5) is 25.1. The number of amides is 2. The topological polar surface area (TPSA) is 67.9 Å². The molecule has 0 bridgehead atoms. The average molecular weight is 360 g/mol. The van der Waals surface area contributed by atoms with Gasteiger partial charge in [0.05, 0.1) is 31.8 Å². The molecule has 1 N–H and O–H groups in total. The number of methoxy groups -OCH3 is 1. The lowest BCUT2D eigenvalue weighted by atomic mass is 10.1. The van der Waals surface area contributed by atoms with E-state index in [2.05, 4.69) is 10.1 Å². The summed E-state index contributed by atoms with van der Waals surface area (Å²) < 4.78 is 48.0. The summed E-state index contributed by atoms with van der Waals surface area (Å²) in [5.74, 6) is -0.439. The van der Waals surface area contributed by atoms with E-state index in [-0.39, 0.29) is 19.6 Å². The number of rotatable bonds is 3. The first kappa shape index (κ1) is 19.0. The molecule has 1 aromatic rings. The average Bonchev–Trinajstić information content (AvgIpc) is 2.55. The zero-order valence-corrected chi connectivity index (χ0v) is 13.9. The van der Waals surface area contributed by atoms with E-state index in [1.807, 2.05) is 0 Å². The van der Waals surface area contributed by atoms with Crippen LogP contribution >= 0.6 is 0 Å². The minimum absolute atomic E-state index is 0.0274. The van der Waals surface area contributed by atoms with Crippen LogP contribution in [0.1, 0.15) is 17.5 Å². The van der Waals surface area contributed by atoms with Crippen molar-refractivity contribution in [3.63, 3.8) is 0 Å². The van der Waals surface area contributed by atoms with E-state index in [0.717, 1.165) is 12.1 Å². The SMILES string of the molecule is COC(=O)CC1CN(C(=O)Nc2ccc(C(F)(F)F)cc2C)CCO1. The number of aryl methyl sites for hydroxylation is 1.